The van der Waals surface area contributed by atoms with E-state index in [0.717, 1.165) is 5.56 Å². The van der Waals surface area contributed by atoms with Crippen molar-refractivity contribution in [2.24, 2.45) is 0 Å². The second kappa shape index (κ2) is 6.81. The summed E-state index contributed by atoms with van der Waals surface area (Å²) in [6.07, 6.45) is 0. The van der Waals surface area contributed by atoms with Gasteiger partial charge in [-0.1, -0.05) is 38.1 Å². The molecule has 2 rings (SSSR count). The van der Waals surface area contributed by atoms with E-state index in [9.17, 15) is 0 Å². The number of nitrogens with zero attached hydrogens (tertiary/aromatic N) is 1. The van der Waals surface area contributed by atoms with Crippen LogP contribution < -0.4 is 9.47 Å². The van der Waals surface area contributed by atoms with Crippen molar-refractivity contribution in [3.8, 4) is 17.6 Å². The van der Waals surface area contributed by atoms with Gasteiger partial charge in [0.25, 0.3) is 0 Å². The standard InChI is InChI=1S/C18H19NO2/c1-13(2)16-7-4-14(5-8-16)12-21-17-9-6-15(11-19)10-18(17)20-3/h4-10,13H,12H2,1-3H3. The van der Waals surface area contributed by atoms with Gasteiger partial charge in [0.1, 0.15) is 6.61 Å². The summed E-state index contributed by atoms with van der Waals surface area (Å²) < 4.78 is 11.0. The van der Waals surface area contributed by atoms with E-state index >= 15 is 0 Å². The number of rotatable bonds is 5. The highest BCUT2D eigenvalue weighted by molar-refractivity contribution is 5.46. The smallest absolute Gasteiger partial charge is 0.162 e. The Morgan fingerprint density at radius 1 is 1.05 bits per heavy atom. The van der Waals surface area contributed by atoms with Crippen LogP contribution in [0.15, 0.2) is 42.5 Å². The molecule has 0 amide bonds. The highest BCUT2D eigenvalue weighted by atomic mass is 16.5. The van der Waals surface area contributed by atoms with Gasteiger partial charge >= 0.3 is 0 Å². The van der Waals surface area contributed by atoms with Crippen LogP contribution in [0.1, 0.15) is 36.5 Å². The van der Waals surface area contributed by atoms with Crippen LogP contribution in [0, 0.1) is 11.3 Å². The van der Waals surface area contributed by atoms with Crippen molar-refractivity contribution in [1.82, 2.24) is 0 Å². The minimum absolute atomic E-state index is 0.473. The zero-order chi connectivity index (χ0) is 15.2. The minimum atomic E-state index is 0.473. The van der Waals surface area contributed by atoms with Crippen LogP contribution in [-0.4, -0.2) is 7.11 Å². The molecule has 2 aromatic carbocycles. The fourth-order valence-electron chi connectivity index (χ4n) is 2.02. The lowest BCUT2D eigenvalue weighted by atomic mass is 10.0. The van der Waals surface area contributed by atoms with E-state index in [1.54, 1.807) is 25.3 Å². The van der Waals surface area contributed by atoms with Gasteiger partial charge in [-0.25, -0.2) is 0 Å². The fraction of sp³-hybridized carbons (Fsp3) is 0.278. The highest BCUT2D eigenvalue weighted by Gasteiger charge is 2.06. The van der Waals surface area contributed by atoms with Crippen molar-refractivity contribution in [3.05, 3.63) is 59.2 Å². The van der Waals surface area contributed by atoms with Gasteiger partial charge in [-0.15, -0.1) is 0 Å². The molecule has 0 fully saturated rings. The number of ether oxygens (including phenoxy) is 2. The summed E-state index contributed by atoms with van der Waals surface area (Å²) in [5.41, 5.74) is 2.97. The maximum atomic E-state index is 8.88. The first-order chi connectivity index (χ1) is 10.1. The maximum absolute atomic E-state index is 8.88. The quantitative estimate of drug-likeness (QED) is 0.822. The number of hydrogen-bond donors (Lipinski definition) is 0. The molecule has 0 N–H and O–H groups in total. The number of benzene rings is 2. The lowest BCUT2D eigenvalue weighted by molar-refractivity contribution is 0.284. The third-order valence-corrected chi connectivity index (χ3v) is 3.33. The zero-order valence-electron chi connectivity index (χ0n) is 12.6. The summed E-state index contributed by atoms with van der Waals surface area (Å²) in [6.45, 7) is 4.82. The molecule has 3 heteroatoms. The van der Waals surface area contributed by atoms with Gasteiger partial charge in [0.2, 0.25) is 0 Å². The Bertz CT molecular complexity index is 639. The second-order valence-electron chi connectivity index (χ2n) is 5.16. The number of methoxy groups -OCH3 is 1. The predicted molar refractivity (Wildman–Crippen MR) is 82.6 cm³/mol. The summed E-state index contributed by atoms with van der Waals surface area (Å²) in [6, 6.07) is 15.6. The normalized spacial score (nSPS) is 10.2. The molecule has 2 aromatic rings. The van der Waals surface area contributed by atoms with Crippen LogP contribution in [0.4, 0.5) is 0 Å². The van der Waals surface area contributed by atoms with Crippen LogP contribution in [0.3, 0.4) is 0 Å². The third-order valence-electron chi connectivity index (χ3n) is 3.33. The van der Waals surface area contributed by atoms with Gasteiger partial charge in [0.15, 0.2) is 11.5 Å². The topological polar surface area (TPSA) is 42.2 Å². The Morgan fingerprint density at radius 3 is 2.33 bits per heavy atom. The molecular formula is C18H19NO2. The third kappa shape index (κ3) is 3.76. The van der Waals surface area contributed by atoms with E-state index in [1.807, 2.05) is 0 Å². The molecule has 108 valence electrons. The Morgan fingerprint density at radius 2 is 1.76 bits per heavy atom. The number of nitriles is 1. The van der Waals surface area contributed by atoms with Crippen LogP contribution in [0.5, 0.6) is 11.5 Å². The molecule has 21 heavy (non-hydrogen) atoms. The first-order valence-corrected chi connectivity index (χ1v) is 6.94. The fourth-order valence-corrected chi connectivity index (χ4v) is 2.02. The Hall–Kier alpha value is -2.47. The van der Waals surface area contributed by atoms with Crippen molar-refractivity contribution in [3.63, 3.8) is 0 Å². The molecular weight excluding hydrogens is 262 g/mol. The van der Waals surface area contributed by atoms with E-state index in [-0.39, 0.29) is 0 Å². The van der Waals surface area contributed by atoms with E-state index in [2.05, 4.69) is 44.2 Å². The molecule has 0 atom stereocenters. The maximum Gasteiger partial charge on any atom is 0.162 e. The van der Waals surface area contributed by atoms with Crippen molar-refractivity contribution in [2.75, 3.05) is 7.11 Å². The van der Waals surface area contributed by atoms with Gasteiger partial charge in [-0.2, -0.15) is 5.26 Å². The SMILES string of the molecule is COc1cc(C#N)ccc1OCc1ccc(C(C)C)cc1. The Kier molecular flexibility index (Phi) is 4.84. The largest absolute Gasteiger partial charge is 0.493 e. The molecule has 0 aliphatic rings. The molecule has 0 aromatic heterocycles. The monoisotopic (exact) mass is 281 g/mol. The molecule has 0 aliphatic heterocycles. The average molecular weight is 281 g/mol. The Balaban J connectivity index is 2.07. The predicted octanol–water partition coefficient (Wildman–Crippen LogP) is 4.27. The van der Waals surface area contributed by atoms with Crippen molar-refractivity contribution in [2.45, 2.75) is 26.4 Å². The lowest BCUT2D eigenvalue weighted by Gasteiger charge is -2.11. The summed E-state index contributed by atoms with van der Waals surface area (Å²) in [7, 11) is 1.57. The van der Waals surface area contributed by atoms with Gasteiger partial charge in [-0.3, -0.25) is 0 Å². The van der Waals surface area contributed by atoms with E-state index in [1.165, 1.54) is 5.56 Å². The molecule has 0 saturated carbocycles. The molecule has 3 nitrogen and oxygen atoms in total. The van der Waals surface area contributed by atoms with E-state index < -0.39 is 0 Å². The summed E-state index contributed by atoms with van der Waals surface area (Å²) >= 11 is 0. The number of hydrogen-bond acceptors (Lipinski definition) is 3. The molecule has 0 unspecified atom stereocenters. The zero-order valence-corrected chi connectivity index (χ0v) is 12.6. The van der Waals surface area contributed by atoms with Crippen LogP contribution in [0.2, 0.25) is 0 Å². The van der Waals surface area contributed by atoms with Crippen LogP contribution in [0.25, 0.3) is 0 Å². The first-order valence-electron chi connectivity index (χ1n) is 6.94. The van der Waals surface area contributed by atoms with Gasteiger partial charge in [-0.05, 0) is 29.2 Å². The molecule has 0 saturated heterocycles. The minimum Gasteiger partial charge on any atom is -0.493 e. The lowest BCUT2D eigenvalue weighted by Crippen LogP contribution is -1.98. The van der Waals surface area contributed by atoms with Crippen LogP contribution >= 0.6 is 0 Å². The van der Waals surface area contributed by atoms with Crippen molar-refractivity contribution in [1.29, 1.82) is 5.26 Å². The summed E-state index contributed by atoms with van der Waals surface area (Å²) in [5.74, 6) is 1.75. The van der Waals surface area contributed by atoms with E-state index in [0.29, 0.717) is 29.6 Å². The average Bonchev–Trinajstić information content (AvgIpc) is 2.53. The molecule has 0 heterocycles. The summed E-state index contributed by atoms with van der Waals surface area (Å²) in [5, 5.41) is 8.88. The van der Waals surface area contributed by atoms with E-state index in [4.69, 9.17) is 14.7 Å². The van der Waals surface area contributed by atoms with Gasteiger partial charge < -0.3 is 9.47 Å². The molecule has 0 bridgehead atoms. The highest BCUT2D eigenvalue weighted by Crippen LogP contribution is 2.28. The summed E-state index contributed by atoms with van der Waals surface area (Å²) in [4.78, 5) is 0. The molecule has 0 aliphatic carbocycles. The second-order valence-corrected chi connectivity index (χ2v) is 5.16. The van der Waals surface area contributed by atoms with Crippen LogP contribution in [-0.2, 0) is 6.61 Å². The first kappa shape index (κ1) is 14.9. The molecule has 0 radical (unpaired) electrons. The van der Waals surface area contributed by atoms with Gasteiger partial charge in [0.05, 0.1) is 18.7 Å². The van der Waals surface area contributed by atoms with Gasteiger partial charge in [0, 0.05) is 6.07 Å². The van der Waals surface area contributed by atoms with Crippen molar-refractivity contribution >= 4 is 0 Å². The Labute approximate surface area is 125 Å². The van der Waals surface area contributed by atoms with Crippen molar-refractivity contribution < 1.29 is 9.47 Å². The molecule has 0 spiro atoms.